The van der Waals surface area contributed by atoms with E-state index in [0.717, 1.165) is 0 Å². The molecule has 2 aromatic carbocycles. The van der Waals surface area contributed by atoms with Crippen LogP contribution in [0.1, 0.15) is 23.2 Å². The van der Waals surface area contributed by atoms with Crippen LogP contribution < -0.4 is 10.7 Å². The van der Waals surface area contributed by atoms with Gasteiger partial charge in [-0.05, 0) is 29.8 Å². The van der Waals surface area contributed by atoms with Crippen molar-refractivity contribution in [3.63, 3.8) is 0 Å². The minimum absolute atomic E-state index is 0.0744. The van der Waals surface area contributed by atoms with Crippen LogP contribution in [0.15, 0.2) is 58.2 Å². The van der Waals surface area contributed by atoms with Crippen LogP contribution in [-0.2, 0) is 4.79 Å². The normalized spacial score (nSPS) is 10.7. The first-order valence-corrected chi connectivity index (χ1v) is 8.22. The predicted octanol–water partition coefficient (Wildman–Crippen LogP) is 2.37. The summed E-state index contributed by atoms with van der Waals surface area (Å²) in [6, 6.07) is 12.3. The molecule has 11 heteroatoms. The van der Waals surface area contributed by atoms with Gasteiger partial charge in [-0.25, -0.2) is 5.43 Å². The van der Waals surface area contributed by atoms with Crippen molar-refractivity contribution in [2.24, 2.45) is 5.10 Å². The molecule has 0 aliphatic carbocycles. The Morgan fingerprint density at radius 3 is 2.45 bits per heavy atom. The number of benzene rings is 2. The zero-order valence-electron chi connectivity index (χ0n) is 15.0. The van der Waals surface area contributed by atoms with Gasteiger partial charge >= 0.3 is 11.8 Å². The summed E-state index contributed by atoms with van der Waals surface area (Å²) < 4.78 is 4.89. The van der Waals surface area contributed by atoms with E-state index in [9.17, 15) is 19.7 Å². The molecule has 0 saturated heterocycles. The molecule has 0 fully saturated rings. The summed E-state index contributed by atoms with van der Waals surface area (Å²) in [6.07, 6.45) is 1.41. The van der Waals surface area contributed by atoms with Gasteiger partial charge in [0.1, 0.15) is 0 Å². The standard InChI is InChI=1S/C18H14N6O5/c1-11(25)20-14-6-2-12(3-7-14)10-19-22-17(26)18-21-16(23-29-18)13-4-8-15(9-5-13)24(27)28/h2-10H,1H3,(H,20,25)(H,22,26)/b19-10+. The molecule has 0 aliphatic rings. The Morgan fingerprint density at radius 2 is 1.83 bits per heavy atom. The molecule has 146 valence electrons. The predicted molar refractivity (Wildman–Crippen MR) is 102 cm³/mol. The fourth-order valence-corrected chi connectivity index (χ4v) is 2.23. The van der Waals surface area contributed by atoms with Crippen LogP contribution >= 0.6 is 0 Å². The third-order valence-corrected chi connectivity index (χ3v) is 3.57. The molecule has 3 rings (SSSR count). The van der Waals surface area contributed by atoms with E-state index in [1.165, 1.54) is 37.4 Å². The van der Waals surface area contributed by atoms with Crippen LogP contribution in [0.25, 0.3) is 11.4 Å². The molecule has 1 heterocycles. The Hall–Kier alpha value is -4.41. The van der Waals surface area contributed by atoms with E-state index >= 15 is 0 Å². The highest BCUT2D eigenvalue weighted by Gasteiger charge is 2.16. The molecule has 0 bridgehead atoms. The maximum absolute atomic E-state index is 12.0. The smallest absolute Gasteiger partial charge is 0.328 e. The lowest BCUT2D eigenvalue weighted by molar-refractivity contribution is -0.384. The SMILES string of the molecule is CC(=O)Nc1ccc(/C=N/NC(=O)c2nc(-c3ccc([N+](=O)[O-])cc3)no2)cc1. The first-order chi connectivity index (χ1) is 13.9. The molecule has 2 amide bonds. The van der Waals surface area contributed by atoms with Gasteiger partial charge in [0, 0.05) is 30.3 Å². The van der Waals surface area contributed by atoms with E-state index in [4.69, 9.17) is 4.52 Å². The summed E-state index contributed by atoms with van der Waals surface area (Å²) in [6.45, 7) is 1.41. The van der Waals surface area contributed by atoms with Crippen molar-refractivity contribution in [3.05, 3.63) is 70.1 Å². The number of hydrazone groups is 1. The Morgan fingerprint density at radius 1 is 1.14 bits per heavy atom. The van der Waals surface area contributed by atoms with Crippen LogP contribution in [0, 0.1) is 10.1 Å². The average molecular weight is 394 g/mol. The highest BCUT2D eigenvalue weighted by Crippen LogP contribution is 2.19. The number of non-ortho nitro benzene ring substituents is 1. The molecular weight excluding hydrogens is 380 g/mol. The van der Waals surface area contributed by atoms with Crippen molar-refractivity contribution in [1.82, 2.24) is 15.6 Å². The third-order valence-electron chi connectivity index (χ3n) is 3.57. The molecule has 11 nitrogen and oxygen atoms in total. The lowest BCUT2D eigenvalue weighted by Gasteiger charge is -2.01. The van der Waals surface area contributed by atoms with Crippen molar-refractivity contribution >= 4 is 29.4 Å². The summed E-state index contributed by atoms with van der Waals surface area (Å²) in [7, 11) is 0. The average Bonchev–Trinajstić information content (AvgIpc) is 3.19. The molecule has 0 spiro atoms. The molecule has 3 aromatic rings. The molecule has 0 aliphatic heterocycles. The van der Waals surface area contributed by atoms with E-state index in [0.29, 0.717) is 16.8 Å². The van der Waals surface area contributed by atoms with Crippen molar-refractivity contribution in [1.29, 1.82) is 0 Å². The fraction of sp³-hybridized carbons (Fsp3) is 0.0556. The first kappa shape index (κ1) is 19.4. The van der Waals surface area contributed by atoms with Crippen LogP contribution in [-0.4, -0.2) is 33.1 Å². The Kier molecular flexibility index (Phi) is 5.69. The van der Waals surface area contributed by atoms with Crippen LogP contribution in [0.3, 0.4) is 0 Å². The fourth-order valence-electron chi connectivity index (χ4n) is 2.23. The van der Waals surface area contributed by atoms with E-state index in [1.54, 1.807) is 24.3 Å². The number of nitro benzene ring substituents is 1. The molecule has 29 heavy (non-hydrogen) atoms. The largest absolute Gasteiger partial charge is 0.329 e. The van der Waals surface area contributed by atoms with Crippen LogP contribution in [0.5, 0.6) is 0 Å². The minimum Gasteiger partial charge on any atom is -0.328 e. The summed E-state index contributed by atoms with van der Waals surface area (Å²) in [4.78, 5) is 37.1. The Bertz CT molecular complexity index is 1070. The van der Waals surface area contributed by atoms with Gasteiger partial charge in [0.15, 0.2) is 0 Å². The van der Waals surface area contributed by atoms with Crippen LogP contribution in [0.2, 0.25) is 0 Å². The maximum atomic E-state index is 12.0. The third kappa shape index (κ3) is 5.07. The van der Waals surface area contributed by atoms with E-state index in [2.05, 4.69) is 26.0 Å². The van der Waals surface area contributed by atoms with Gasteiger partial charge in [0.05, 0.1) is 11.1 Å². The number of nitrogens with zero attached hydrogens (tertiary/aromatic N) is 4. The van der Waals surface area contributed by atoms with Crippen molar-refractivity contribution in [2.45, 2.75) is 6.92 Å². The monoisotopic (exact) mass is 394 g/mol. The zero-order chi connectivity index (χ0) is 20.8. The Balaban J connectivity index is 1.60. The Labute approximate surface area is 163 Å². The second-order valence-electron chi connectivity index (χ2n) is 5.73. The number of hydrogen-bond donors (Lipinski definition) is 2. The molecule has 0 saturated carbocycles. The summed E-state index contributed by atoms with van der Waals surface area (Å²) in [5.74, 6) is -1.08. The molecule has 1 aromatic heterocycles. The minimum atomic E-state index is -0.711. The number of hydrogen-bond acceptors (Lipinski definition) is 8. The second kappa shape index (κ2) is 8.52. The van der Waals surface area contributed by atoms with Crippen molar-refractivity contribution < 1.29 is 19.0 Å². The van der Waals surface area contributed by atoms with Gasteiger partial charge in [-0.3, -0.25) is 19.7 Å². The van der Waals surface area contributed by atoms with Crippen molar-refractivity contribution in [3.8, 4) is 11.4 Å². The number of nitrogens with one attached hydrogen (secondary N) is 2. The molecule has 0 atom stereocenters. The highest BCUT2D eigenvalue weighted by molar-refractivity contribution is 5.91. The van der Waals surface area contributed by atoms with E-state index in [-0.39, 0.29) is 23.3 Å². The number of rotatable bonds is 6. The number of carbonyl (C=O) groups is 2. The quantitative estimate of drug-likeness (QED) is 0.370. The number of nitro groups is 1. The molecule has 0 radical (unpaired) electrons. The second-order valence-corrected chi connectivity index (χ2v) is 5.73. The first-order valence-electron chi connectivity index (χ1n) is 8.22. The number of amides is 2. The molecule has 2 N–H and O–H groups in total. The lowest BCUT2D eigenvalue weighted by atomic mass is 10.2. The summed E-state index contributed by atoms with van der Waals surface area (Å²) >= 11 is 0. The van der Waals surface area contributed by atoms with Crippen molar-refractivity contribution in [2.75, 3.05) is 5.32 Å². The van der Waals surface area contributed by atoms with E-state index < -0.39 is 10.8 Å². The van der Waals surface area contributed by atoms with Crippen LogP contribution in [0.4, 0.5) is 11.4 Å². The summed E-state index contributed by atoms with van der Waals surface area (Å²) in [5.41, 5.74) is 3.98. The topological polar surface area (TPSA) is 153 Å². The number of aromatic nitrogens is 2. The van der Waals surface area contributed by atoms with Gasteiger partial charge in [-0.1, -0.05) is 17.3 Å². The van der Waals surface area contributed by atoms with Gasteiger partial charge in [0.2, 0.25) is 11.7 Å². The van der Waals surface area contributed by atoms with Gasteiger partial charge in [-0.15, -0.1) is 0 Å². The lowest BCUT2D eigenvalue weighted by Crippen LogP contribution is -2.18. The number of carbonyl (C=O) groups excluding carboxylic acids is 2. The maximum Gasteiger partial charge on any atom is 0.329 e. The van der Waals surface area contributed by atoms with Gasteiger partial charge in [-0.2, -0.15) is 10.1 Å². The summed E-state index contributed by atoms with van der Waals surface area (Å²) in [5, 5.41) is 20.8. The molecular formula is C18H14N6O5. The van der Waals surface area contributed by atoms with Gasteiger partial charge in [0.25, 0.3) is 5.69 Å². The van der Waals surface area contributed by atoms with E-state index in [1.807, 2.05) is 0 Å². The highest BCUT2D eigenvalue weighted by atomic mass is 16.6. The number of anilines is 1. The van der Waals surface area contributed by atoms with Gasteiger partial charge < -0.3 is 9.84 Å². The molecule has 0 unspecified atom stereocenters. The zero-order valence-corrected chi connectivity index (χ0v) is 15.0.